The summed E-state index contributed by atoms with van der Waals surface area (Å²) in [6.45, 7) is 2.08. The van der Waals surface area contributed by atoms with Crippen LogP contribution in [0.15, 0.2) is 48.0 Å². The summed E-state index contributed by atoms with van der Waals surface area (Å²) in [4.78, 5) is 67.9. The van der Waals surface area contributed by atoms with Crippen LogP contribution in [0, 0.1) is 0 Å². The first-order valence-corrected chi connectivity index (χ1v) is 14.6. The minimum absolute atomic E-state index is 0.0156. The number of piperidine rings is 1. The maximum atomic E-state index is 14.4. The molecule has 4 aliphatic rings. The number of imide groups is 2. The zero-order valence-corrected chi connectivity index (χ0v) is 24.0. The number of benzene rings is 2. The number of nitrogens with one attached hydrogen (secondary N) is 1. The summed E-state index contributed by atoms with van der Waals surface area (Å²) >= 11 is 6.03. The fourth-order valence-corrected chi connectivity index (χ4v) is 6.43. The number of carbonyl (C=O) groups excluding carboxylic acids is 5. The van der Waals surface area contributed by atoms with Gasteiger partial charge in [-0.15, -0.1) is 0 Å². The number of nitrogens with zero attached hydrogens (tertiary/aromatic N) is 3. The van der Waals surface area contributed by atoms with Crippen LogP contribution in [0.2, 0.25) is 5.02 Å². The van der Waals surface area contributed by atoms with Gasteiger partial charge in [0.25, 0.3) is 23.6 Å². The van der Waals surface area contributed by atoms with E-state index >= 15 is 0 Å². The highest BCUT2D eigenvalue weighted by atomic mass is 35.5. The lowest BCUT2D eigenvalue weighted by Gasteiger charge is -2.37. The van der Waals surface area contributed by atoms with Gasteiger partial charge in [0.2, 0.25) is 11.8 Å². The Morgan fingerprint density at radius 2 is 1.63 bits per heavy atom. The summed E-state index contributed by atoms with van der Waals surface area (Å²) < 4.78 is 28.8. The first kappa shape index (κ1) is 29.1. The van der Waals surface area contributed by atoms with Crippen molar-refractivity contribution in [2.75, 3.05) is 32.7 Å². The largest absolute Gasteiger partial charge is 0.336 e. The number of carbonyl (C=O) groups is 5. The highest BCUT2D eigenvalue weighted by molar-refractivity contribution is 6.30. The van der Waals surface area contributed by atoms with E-state index in [1.165, 1.54) is 18.2 Å². The molecular weight excluding hydrogens is 582 g/mol. The summed E-state index contributed by atoms with van der Waals surface area (Å²) in [5, 5.41) is 2.74. The lowest BCUT2D eigenvalue weighted by Crippen LogP contribution is -2.54. The molecule has 0 saturated carbocycles. The molecule has 0 bridgehead atoms. The molecular formula is C31H29ClF2N4O5. The predicted octanol–water partition coefficient (Wildman–Crippen LogP) is 3.77. The van der Waals surface area contributed by atoms with Gasteiger partial charge in [-0.05, 0) is 59.9 Å². The Bertz CT molecular complexity index is 1570. The Balaban J connectivity index is 1.12. The Morgan fingerprint density at radius 1 is 0.930 bits per heavy atom. The predicted molar refractivity (Wildman–Crippen MR) is 153 cm³/mol. The van der Waals surface area contributed by atoms with E-state index in [1.54, 1.807) is 17.0 Å². The smallest absolute Gasteiger partial charge is 0.262 e. The minimum atomic E-state index is -2.76. The first-order valence-electron chi connectivity index (χ1n) is 14.2. The second-order valence-electron chi connectivity index (χ2n) is 11.4. The molecule has 0 radical (unpaired) electrons. The lowest BCUT2D eigenvalue weighted by atomic mass is 9.85. The van der Waals surface area contributed by atoms with Gasteiger partial charge in [-0.3, -0.25) is 39.1 Å². The molecule has 3 aliphatic heterocycles. The van der Waals surface area contributed by atoms with Crippen LogP contribution in [0.4, 0.5) is 8.78 Å². The molecule has 6 rings (SSSR count). The van der Waals surface area contributed by atoms with Crippen LogP contribution in [-0.4, -0.2) is 88.9 Å². The number of hydrogen-bond acceptors (Lipinski definition) is 6. The standard InChI is InChI=1S/C31H29ClF2N4O5/c32-21-4-1-18(2-5-21)22-9-10-31(33,34)16-20(22)17-36-11-13-37(14-12-36)28(41)19-3-6-23-24(15-19)30(43)38(29(23)42)25-7-8-26(39)35-27(25)40/h1-6,15,25H,7-14,16-17H2,(H,35,39,40). The average Bonchev–Trinajstić information content (AvgIpc) is 3.22. The molecule has 0 aromatic heterocycles. The number of alkyl halides is 2. The quantitative estimate of drug-likeness (QED) is 0.517. The maximum absolute atomic E-state index is 14.4. The molecule has 43 heavy (non-hydrogen) atoms. The second-order valence-corrected chi connectivity index (χ2v) is 11.8. The van der Waals surface area contributed by atoms with Gasteiger partial charge in [0.1, 0.15) is 6.04 Å². The van der Waals surface area contributed by atoms with Crippen LogP contribution >= 0.6 is 11.6 Å². The van der Waals surface area contributed by atoms with Crippen molar-refractivity contribution < 1.29 is 32.8 Å². The summed E-state index contributed by atoms with van der Waals surface area (Å²) in [5.74, 6) is -5.55. The lowest BCUT2D eigenvalue weighted by molar-refractivity contribution is -0.136. The monoisotopic (exact) mass is 610 g/mol. The fraction of sp³-hybridized carbons (Fsp3) is 0.387. The van der Waals surface area contributed by atoms with Crippen molar-refractivity contribution in [1.82, 2.24) is 20.0 Å². The molecule has 1 unspecified atom stereocenters. The number of halogens is 3. The molecule has 2 aromatic rings. The van der Waals surface area contributed by atoms with E-state index in [2.05, 4.69) is 10.2 Å². The van der Waals surface area contributed by atoms with Gasteiger partial charge in [-0.25, -0.2) is 8.78 Å². The Hall–Kier alpha value is -3.96. The Kier molecular flexibility index (Phi) is 7.64. The zero-order chi connectivity index (χ0) is 30.5. The van der Waals surface area contributed by atoms with Gasteiger partial charge in [0.15, 0.2) is 0 Å². The molecule has 0 spiro atoms. The molecule has 224 valence electrons. The topological polar surface area (TPSA) is 107 Å². The summed E-state index contributed by atoms with van der Waals surface area (Å²) in [5.41, 5.74) is 2.89. The number of hydrogen-bond donors (Lipinski definition) is 1. The minimum Gasteiger partial charge on any atom is -0.336 e. The maximum Gasteiger partial charge on any atom is 0.262 e. The third kappa shape index (κ3) is 5.71. The van der Waals surface area contributed by atoms with Gasteiger partial charge in [-0.1, -0.05) is 23.7 Å². The van der Waals surface area contributed by atoms with Crippen molar-refractivity contribution in [3.63, 3.8) is 0 Å². The molecule has 2 fully saturated rings. The summed E-state index contributed by atoms with van der Waals surface area (Å²) in [7, 11) is 0. The summed E-state index contributed by atoms with van der Waals surface area (Å²) in [6, 6.07) is 10.4. The third-order valence-corrected chi connectivity index (χ3v) is 8.84. The second kappa shape index (κ2) is 11.3. The number of rotatable bonds is 5. The van der Waals surface area contributed by atoms with E-state index in [-0.39, 0.29) is 54.7 Å². The van der Waals surface area contributed by atoms with Crippen LogP contribution in [0.3, 0.4) is 0 Å². The Morgan fingerprint density at radius 3 is 2.33 bits per heavy atom. The van der Waals surface area contributed by atoms with Gasteiger partial charge in [-0.2, -0.15) is 0 Å². The highest BCUT2D eigenvalue weighted by Crippen LogP contribution is 2.41. The molecule has 1 N–H and O–H groups in total. The molecule has 2 saturated heterocycles. The van der Waals surface area contributed by atoms with Crippen molar-refractivity contribution >= 4 is 46.7 Å². The van der Waals surface area contributed by atoms with E-state index in [1.807, 2.05) is 12.1 Å². The molecule has 3 heterocycles. The van der Waals surface area contributed by atoms with Crippen LogP contribution in [0.5, 0.6) is 0 Å². The molecule has 2 aromatic carbocycles. The zero-order valence-electron chi connectivity index (χ0n) is 23.2. The molecule has 1 aliphatic carbocycles. The van der Waals surface area contributed by atoms with Crippen LogP contribution in [0.1, 0.15) is 68.7 Å². The highest BCUT2D eigenvalue weighted by Gasteiger charge is 2.45. The van der Waals surface area contributed by atoms with Crippen LogP contribution in [0.25, 0.3) is 5.57 Å². The van der Waals surface area contributed by atoms with Gasteiger partial charge < -0.3 is 4.90 Å². The van der Waals surface area contributed by atoms with E-state index in [4.69, 9.17) is 11.6 Å². The van der Waals surface area contributed by atoms with Gasteiger partial charge >= 0.3 is 0 Å². The van der Waals surface area contributed by atoms with E-state index in [0.29, 0.717) is 43.3 Å². The molecule has 1 atom stereocenters. The van der Waals surface area contributed by atoms with Crippen molar-refractivity contribution in [2.45, 2.75) is 44.1 Å². The molecule has 9 nitrogen and oxygen atoms in total. The van der Waals surface area contributed by atoms with E-state index < -0.39 is 35.6 Å². The number of piperazine rings is 1. The number of allylic oxidation sites excluding steroid dienone is 1. The van der Waals surface area contributed by atoms with Crippen molar-refractivity contribution in [3.8, 4) is 0 Å². The van der Waals surface area contributed by atoms with Crippen LogP contribution < -0.4 is 5.32 Å². The number of fused-ring (bicyclic) bond motifs is 1. The summed E-state index contributed by atoms with van der Waals surface area (Å²) in [6.07, 6.45) is -0.161. The third-order valence-electron chi connectivity index (χ3n) is 8.59. The average molecular weight is 611 g/mol. The van der Waals surface area contributed by atoms with E-state index in [0.717, 1.165) is 16.0 Å². The first-order chi connectivity index (χ1) is 20.5. The van der Waals surface area contributed by atoms with Crippen molar-refractivity contribution in [1.29, 1.82) is 0 Å². The van der Waals surface area contributed by atoms with Gasteiger partial charge in [0.05, 0.1) is 11.1 Å². The van der Waals surface area contributed by atoms with E-state index in [9.17, 15) is 32.8 Å². The molecule has 12 heteroatoms. The SMILES string of the molecule is O=C1CCC(N2C(=O)c3ccc(C(=O)N4CCN(CC5=C(c6ccc(Cl)cc6)CCC(F)(F)C5)CC4)cc3C2=O)C(=O)N1. The fourth-order valence-electron chi connectivity index (χ4n) is 6.31. The number of amides is 5. The van der Waals surface area contributed by atoms with Crippen LogP contribution in [-0.2, 0) is 9.59 Å². The van der Waals surface area contributed by atoms with Crippen molar-refractivity contribution in [2.24, 2.45) is 0 Å². The molecule has 5 amide bonds. The normalized spacial score (nSPS) is 22.6. The van der Waals surface area contributed by atoms with Crippen molar-refractivity contribution in [3.05, 3.63) is 75.3 Å². The Labute approximate surface area is 251 Å². The van der Waals surface area contributed by atoms with Gasteiger partial charge in [0, 0.05) is 62.6 Å².